The normalized spacial score (nSPS) is 10.7. The van der Waals surface area contributed by atoms with Crippen LogP contribution in [0.25, 0.3) is 0 Å². The van der Waals surface area contributed by atoms with E-state index in [4.69, 9.17) is 4.74 Å². The fraction of sp³-hybridized carbons (Fsp3) is 0.300. The van der Waals surface area contributed by atoms with Crippen molar-refractivity contribution < 1.29 is 9.84 Å². The molecule has 0 atom stereocenters. The zero-order valence-electron chi connectivity index (χ0n) is 8.86. The first kappa shape index (κ1) is 11.8. The molecule has 0 aliphatic heterocycles. The van der Waals surface area contributed by atoms with Gasteiger partial charge in [-0.1, -0.05) is 15.9 Å². The van der Waals surface area contributed by atoms with Gasteiger partial charge in [0.05, 0.1) is 13.3 Å². The quantitative estimate of drug-likeness (QED) is 0.677. The van der Waals surface area contributed by atoms with E-state index < -0.39 is 0 Å². The number of hydrogen-bond acceptors (Lipinski definition) is 4. The third kappa shape index (κ3) is 3.13. The summed E-state index contributed by atoms with van der Waals surface area (Å²) in [6.45, 7) is 0. The maximum absolute atomic E-state index is 9.77. The monoisotopic (exact) mass is 272 g/mol. The van der Waals surface area contributed by atoms with E-state index in [0.717, 1.165) is 4.47 Å². The van der Waals surface area contributed by atoms with E-state index in [2.05, 4.69) is 21.0 Å². The maximum Gasteiger partial charge on any atom is 0.166 e. The SMILES string of the molecule is COc1cc(Br)cc(/C=N/N(C)C)c1O. The van der Waals surface area contributed by atoms with Gasteiger partial charge in [-0.25, -0.2) is 0 Å². The molecule has 0 unspecified atom stereocenters. The molecule has 0 aromatic heterocycles. The number of ether oxygens (including phenoxy) is 1. The fourth-order valence-corrected chi connectivity index (χ4v) is 1.48. The minimum absolute atomic E-state index is 0.0892. The van der Waals surface area contributed by atoms with E-state index in [-0.39, 0.29) is 5.75 Å². The van der Waals surface area contributed by atoms with Gasteiger partial charge in [-0.3, -0.25) is 0 Å². The Morgan fingerprint density at radius 2 is 2.13 bits per heavy atom. The second-order valence-electron chi connectivity index (χ2n) is 3.14. The lowest BCUT2D eigenvalue weighted by Crippen LogP contribution is -2.02. The van der Waals surface area contributed by atoms with Crippen molar-refractivity contribution in [1.82, 2.24) is 5.01 Å². The Morgan fingerprint density at radius 1 is 1.47 bits per heavy atom. The van der Waals surface area contributed by atoms with Gasteiger partial charge >= 0.3 is 0 Å². The summed E-state index contributed by atoms with van der Waals surface area (Å²) < 4.78 is 5.85. The first-order valence-electron chi connectivity index (χ1n) is 4.32. The van der Waals surface area contributed by atoms with Gasteiger partial charge in [-0.05, 0) is 12.1 Å². The summed E-state index contributed by atoms with van der Waals surface area (Å²) in [5, 5.41) is 15.5. The Hall–Kier alpha value is -1.23. The Balaban J connectivity index is 3.12. The van der Waals surface area contributed by atoms with Crippen LogP contribution in [0.1, 0.15) is 5.56 Å². The highest BCUT2D eigenvalue weighted by atomic mass is 79.9. The van der Waals surface area contributed by atoms with Crippen LogP contribution < -0.4 is 4.74 Å². The Bertz CT molecular complexity index is 378. The van der Waals surface area contributed by atoms with Crippen LogP contribution >= 0.6 is 15.9 Å². The molecular formula is C10H13BrN2O2. The molecule has 0 heterocycles. The number of hydrazone groups is 1. The Kier molecular flexibility index (Phi) is 3.96. The molecule has 1 rings (SSSR count). The van der Waals surface area contributed by atoms with Gasteiger partial charge in [0, 0.05) is 24.1 Å². The Morgan fingerprint density at radius 3 is 2.67 bits per heavy atom. The number of halogens is 1. The van der Waals surface area contributed by atoms with E-state index in [0.29, 0.717) is 11.3 Å². The first-order chi connectivity index (χ1) is 7.04. The largest absolute Gasteiger partial charge is 0.504 e. The van der Waals surface area contributed by atoms with Crippen molar-refractivity contribution in [3.63, 3.8) is 0 Å². The number of phenols is 1. The summed E-state index contributed by atoms with van der Waals surface area (Å²) in [4.78, 5) is 0. The predicted molar refractivity (Wildman–Crippen MR) is 63.6 cm³/mol. The number of phenolic OH excluding ortho intramolecular Hbond substituents is 1. The number of rotatable bonds is 3. The van der Waals surface area contributed by atoms with Crippen molar-refractivity contribution in [1.29, 1.82) is 0 Å². The first-order valence-corrected chi connectivity index (χ1v) is 5.11. The third-order valence-corrected chi connectivity index (χ3v) is 2.17. The molecule has 82 valence electrons. The molecule has 0 bridgehead atoms. The second-order valence-corrected chi connectivity index (χ2v) is 4.05. The van der Waals surface area contributed by atoms with Crippen molar-refractivity contribution in [2.24, 2.45) is 5.10 Å². The summed E-state index contributed by atoms with van der Waals surface area (Å²) in [6.07, 6.45) is 1.57. The van der Waals surface area contributed by atoms with E-state index in [1.165, 1.54) is 7.11 Å². The van der Waals surface area contributed by atoms with Gasteiger partial charge in [-0.2, -0.15) is 5.10 Å². The van der Waals surface area contributed by atoms with Gasteiger partial charge in [0.25, 0.3) is 0 Å². The highest BCUT2D eigenvalue weighted by Gasteiger charge is 2.07. The lowest BCUT2D eigenvalue weighted by molar-refractivity contribution is 0.372. The molecule has 15 heavy (non-hydrogen) atoms. The molecule has 0 aliphatic rings. The van der Waals surface area contributed by atoms with E-state index in [9.17, 15) is 5.11 Å². The zero-order valence-corrected chi connectivity index (χ0v) is 10.4. The molecule has 1 aromatic rings. The average molecular weight is 273 g/mol. The number of aromatic hydroxyl groups is 1. The van der Waals surface area contributed by atoms with Gasteiger partial charge in [0.1, 0.15) is 0 Å². The molecule has 0 spiro atoms. The molecule has 5 heteroatoms. The highest BCUT2D eigenvalue weighted by Crippen LogP contribution is 2.32. The molecular weight excluding hydrogens is 260 g/mol. The van der Waals surface area contributed by atoms with Crippen LogP contribution in [0.15, 0.2) is 21.7 Å². The number of benzene rings is 1. The number of hydrogen-bond donors (Lipinski definition) is 1. The minimum Gasteiger partial charge on any atom is -0.504 e. The van der Waals surface area contributed by atoms with E-state index in [1.54, 1.807) is 23.4 Å². The summed E-state index contributed by atoms with van der Waals surface area (Å²) in [5.74, 6) is 0.510. The predicted octanol–water partition coefficient (Wildman–Crippen LogP) is 2.06. The summed E-state index contributed by atoms with van der Waals surface area (Å²) in [6, 6.07) is 3.47. The number of nitrogens with zero attached hydrogens (tertiary/aromatic N) is 2. The van der Waals surface area contributed by atoms with Crippen LogP contribution in [0.4, 0.5) is 0 Å². The van der Waals surface area contributed by atoms with Gasteiger partial charge in [0.2, 0.25) is 0 Å². The molecule has 0 saturated heterocycles. The van der Waals surface area contributed by atoms with Crippen molar-refractivity contribution in [2.75, 3.05) is 21.2 Å². The van der Waals surface area contributed by atoms with Crippen LogP contribution in [0.3, 0.4) is 0 Å². The highest BCUT2D eigenvalue weighted by molar-refractivity contribution is 9.10. The van der Waals surface area contributed by atoms with Gasteiger partial charge in [0.15, 0.2) is 11.5 Å². The topological polar surface area (TPSA) is 45.1 Å². The van der Waals surface area contributed by atoms with Crippen molar-refractivity contribution >= 4 is 22.1 Å². The molecule has 4 nitrogen and oxygen atoms in total. The van der Waals surface area contributed by atoms with Crippen molar-refractivity contribution in [2.45, 2.75) is 0 Å². The summed E-state index contributed by atoms with van der Waals surface area (Å²) in [5.41, 5.74) is 0.606. The number of methoxy groups -OCH3 is 1. The van der Waals surface area contributed by atoms with E-state index in [1.807, 2.05) is 14.1 Å². The molecule has 0 aliphatic carbocycles. The van der Waals surface area contributed by atoms with Crippen LogP contribution in [0.2, 0.25) is 0 Å². The van der Waals surface area contributed by atoms with Gasteiger partial charge < -0.3 is 14.9 Å². The maximum atomic E-state index is 9.77. The molecule has 0 radical (unpaired) electrons. The standard InChI is InChI=1S/C10H13BrN2O2/c1-13(2)12-6-7-4-8(11)5-9(15-3)10(7)14/h4-6,14H,1-3H3/b12-6+. The van der Waals surface area contributed by atoms with Crippen molar-refractivity contribution in [3.05, 3.63) is 22.2 Å². The van der Waals surface area contributed by atoms with Crippen LogP contribution in [-0.2, 0) is 0 Å². The third-order valence-electron chi connectivity index (χ3n) is 1.72. The molecule has 0 amide bonds. The smallest absolute Gasteiger partial charge is 0.166 e. The molecule has 1 aromatic carbocycles. The van der Waals surface area contributed by atoms with Crippen LogP contribution in [0.5, 0.6) is 11.5 Å². The summed E-state index contributed by atoms with van der Waals surface area (Å²) >= 11 is 3.33. The lowest BCUT2D eigenvalue weighted by Gasteiger charge is -2.08. The van der Waals surface area contributed by atoms with Crippen LogP contribution in [-0.4, -0.2) is 37.5 Å². The zero-order chi connectivity index (χ0) is 11.4. The fourth-order valence-electron chi connectivity index (χ4n) is 1.03. The molecule has 1 N–H and O–H groups in total. The summed E-state index contributed by atoms with van der Waals surface area (Å²) in [7, 11) is 5.12. The molecule has 0 saturated carbocycles. The Labute approximate surface area is 97.3 Å². The average Bonchev–Trinajstić information content (AvgIpc) is 2.18. The lowest BCUT2D eigenvalue weighted by atomic mass is 10.2. The van der Waals surface area contributed by atoms with E-state index >= 15 is 0 Å². The molecule has 0 fully saturated rings. The minimum atomic E-state index is 0.0892. The second kappa shape index (κ2) is 5.02. The van der Waals surface area contributed by atoms with Crippen molar-refractivity contribution in [3.8, 4) is 11.5 Å². The van der Waals surface area contributed by atoms with Crippen LogP contribution in [0, 0.1) is 0 Å². The van der Waals surface area contributed by atoms with Gasteiger partial charge in [-0.15, -0.1) is 0 Å².